The number of thiocarbonyl (C=S) groups is 1. The van der Waals surface area contributed by atoms with Gasteiger partial charge in [0.25, 0.3) is 0 Å². The molecule has 0 radical (unpaired) electrons. The van der Waals surface area contributed by atoms with Crippen LogP contribution in [0, 0.1) is 11.6 Å². The number of anilines is 1. The van der Waals surface area contributed by atoms with Gasteiger partial charge in [-0.25, -0.2) is 24.6 Å². The Morgan fingerprint density at radius 3 is 2.56 bits per heavy atom. The van der Waals surface area contributed by atoms with Crippen LogP contribution in [0.15, 0.2) is 36.8 Å². The Bertz CT molecular complexity index is 1180. The Balaban J connectivity index is 1.90. The molecule has 2 heterocycles. The molecule has 0 fully saturated rings. The lowest BCUT2D eigenvalue weighted by Gasteiger charge is -2.39. The summed E-state index contributed by atoms with van der Waals surface area (Å²) in [6, 6.07) is 2.07. The maximum absolute atomic E-state index is 14.7. The monoisotopic (exact) mass is 521 g/mol. The molecule has 3 rings (SSSR count). The van der Waals surface area contributed by atoms with E-state index in [0.717, 1.165) is 17.1 Å². The highest BCUT2D eigenvalue weighted by atomic mass is 35.5. The number of halogens is 6. The van der Waals surface area contributed by atoms with Crippen molar-refractivity contribution in [3.8, 4) is 0 Å². The molecule has 2 atom stereocenters. The summed E-state index contributed by atoms with van der Waals surface area (Å²) in [5, 5.41) is 20.4. The third-order valence-electron chi connectivity index (χ3n) is 5.04. The number of pyridine rings is 1. The standard InChI is InChI=1S/C19H17ClF5N7OS/c1-9(32(26)17(34)30-16-13(20)4-10(7-27-16)19(23,24)25)18(33,6-15-28-8-29-31-15)12-3-2-11(21)5-14(12)22/h2-5,7-9,33H,6,26H2,1H3,(H,27,30,34)(H,28,29,31)/t9-,18+/m1/s1. The molecule has 5 N–H and O–H groups in total. The Hall–Kier alpha value is -2.94. The second kappa shape index (κ2) is 9.74. The fourth-order valence-electron chi connectivity index (χ4n) is 3.14. The lowest BCUT2D eigenvalue weighted by molar-refractivity contribution is -0.137. The van der Waals surface area contributed by atoms with Crippen molar-refractivity contribution in [3.05, 3.63) is 70.4 Å². The first-order valence-electron chi connectivity index (χ1n) is 9.42. The molecule has 0 bridgehead atoms. The van der Waals surface area contributed by atoms with E-state index in [9.17, 15) is 27.1 Å². The van der Waals surface area contributed by atoms with Crippen LogP contribution in [0.25, 0.3) is 0 Å². The molecule has 8 nitrogen and oxygen atoms in total. The number of H-pyrrole nitrogens is 1. The molecule has 0 aliphatic carbocycles. The number of nitrogens with two attached hydrogens (primary N) is 1. The topological polar surface area (TPSA) is 116 Å². The highest BCUT2D eigenvalue weighted by molar-refractivity contribution is 7.80. The van der Waals surface area contributed by atoms with Crippen LogP contribution < -0.4 is 11.2 Å². The smallest absolute Gasteiger partial charge is 0.382 e. The van der Waals surface area contributed by atoms with Crippen LogP contribution in [0.5, 0.6) is 0 Å². The van der Waals surface area contributed by atoms with Crippen LogP contribution in [-0.2, 0) is 18.2 Å². The number of alkyl halides is 3. The van der Waals surface area contributed by atoms with Gasteiger partial charge < -0.3 is 10.4 Å². The average Bonchev–Trinajstić information content (AvgIpc) is 3.25. The Kier molecular flexibility index (Phi) is 7.35. The van der Waals surface area contributed by atoms with Gasteiger partial charge in [0, 0.05) is 24.2 Å². The predicted molar refractivity (Wildman–Crippen MR) is 116 cm³/mol. The molecule has 182 valence electrons. The van der Waals surface area contributed by atoms with Gasteiger partial charge in [0.2, 0.25) is 0 Å². The number of benzene rings is 1. The van der Waals surface area contributed by atoms with E-state index in [1.165, 1.54) is 13.3 Å². The lowest BCUT2D eigenvalue weighted by atomic mass is 9.83. The largest absolute Gasteiger partial charge is 0.417 e. The average molecular weight is 522 g/mol. The number of aromatic amines is 1. The number of nitrogens with one attached hydrogen (secondary N) is 2. The first-order valence-corrected chi connectivity index (χ1v) is 10.2. The minimum absolute atomic E-state index is 0.165. The number of rotatable bonds is 6. The van der Waals surface area contributed by atoms with Crippen molar-refractivity contribution in [2.24, 2.45) is 5.84 Å². The highest BCUT2D eigenvalue weighted by Crippen LogP contribution is 2.34. The van der Waals surface area contributed by atoms with Gasteiger partial charge in [0.05, 0.1) is 16.6 Å². The third-order valence-corrected chi connectivity index (χ3v) is 5.64. The van der Waals surface area contributed by atoms with E-state index in [2.05, 4.69) is 25.5 Å². The predicted octanol–water partition coefficient (Wildman–Crippen LogP) is 3.54. The number of hydrazine groups is 1. The van der Waals surface area contributed by atoms with Gasteiger partial charge in [-0.3, -0.25) is 10.1 Å². The van der Waals surface area contributed by atoms with Crippen molar-refractivity contribution >= 4 is 34.7 Å². The number of nitrogens with zero attached hydrogens (tertiary/aromatic N) is 4. The van der Waals surface area contributed by atoms with Gasteiger partial charge in [-0.1, -0.05) is 17.7 Å². The summed E-state index contributed by atoms with van der Waals surface area (Å²) >= 11 is 11.1. The SMILES string of the molecule is C[C@@H](N(N)C(=S)Nc1ncc(C(F)(F)F)cc1Cl)[C@@](O)(Cc1ncn[nH]1)c1ccc(F)cc1F. The van der Waals surface area contributed by atoms with Gasteiger partial charge in [-0.15, -0.1) is 0 Å². The Morgan fingerprint density at radius 2 is 2.00 bits per heavy atom. The van der Waals surface area contributed by atoms with E-state index >= 15 is 0 Å². The van der Waals surface area contributed by atoms with E-state index in [1.54, 1.807) is 0 Å². The minimum Gasteiger partial charge on any atom is -0.382 e. The molecule has 15 heteroatoms. The first-order chi connectivity index (χ1) is 15.8. The summed E-state index contributed by atoms with van der Waals surface area (Å²) in [6.45, 7) is 1.40. The summed E-state index contributed by atoms with van der Waals surface area (Å²) < 4.78 is 66.6. The maximum atomic E-state index is 14.7. The zero-order valence-electron chi connectivity index (χ0n) is 17.2. The maximum Gasteiger partial charge on any atom is 0.417 e. The van der Waals surface area contributed by atoms with E-state index in [0.29, 0.717) is 18.3 Å². The van der Waals surface area contributed by atoms with Crippen molar-refractivity contribution in [3.63, 3.8) is 0 Å². The number of aromatic nitrogens is 4. The van der Waals surface area contributed by atoms with Crippen LogP contribution in [0.2, 0.25) is 5.02 Å². The van der Waals surface area contributed by atoms with Crippen LogP contribution in [0.3, 0.4) is 0 Å². The van der Waals surface area contributed by atoms with Crippen molar-refractivity contribution in [2.75, 3.05) is 5.32 Å². The quantitative estimate of drug-likeness (QED) is 0.168. The number of aliphatic hydroxyl groups is 1. The van der Waals surface area contributed by atoms with E-state index in [4.69, 9.17) is 29.7 Å². The molecule has 0 unspecified atom stereocenters. The first kappa shape index (κ1) is 25.7. The molecule has 2 aromatic heterocycles. The number of hydrogen-bond acceptors (Lipinski definition) is 6. The van der Waals surface area contributed by atoms with E-state index in [-0.39, 0.29) is 33.8 Å². The van der Waals surface area contributed by atoms with Crippen molar-refractivity contribution < 1.29 is 27.1 Å². The van der Waals surface area contributed by atoms with Gasteiger partial charge >= 0.3 is 6.18 Å². The van der Waals surface area contributed by atoms with Gasteiger partial charge in [0.1, 0.15) is 29.4 Å². The molecule has 0 aliphatic heterocycles. The van der Waals surface area contributed by atoms with Crippen LogP contribution in [-0.4, -0.2) is 41.4 Å². The molecular formula is C19H17ClF5N7OS. The minimum atomic E-state index is -4.65. The molecule has 0 spiro atoms. The normalized spacial score (nSPS) is 14.4. The Morgan fingerprint density at radius 1 is 1.29 bits per heavy atom. The van der Waals surface area contributed by atoms with Crippen LogP contribution in [0.4, 0.5) is 27.8 Å². The fourth-order valence-corrected chi connectivity index (χ4v) is 3.60. The lowest BCUT2D eigenvalue weighted by Crippen LogP contribution is -2.57. The molecule has 0 saturated heterocycles. The summed E-state index contributed by atoms with van der Waals surface area (Å²) in [4.78, 5) is 7.53. The molecule has 1 aromatic carbocycles. The van der Waals surface area contributed by atoms with Gasteiger partial charge in [-0.2, -0.15) is 18.3 Å². The van der Waals surface area contributed by atoms with Gasteiger partial charge in [-0.05, 0) is 31.3 Å². The third kappa shape index (κ3) is 5.41. The molecule has 0 aliphatic rings. The Labute approximate surface area is 199 Å². The molecule has 3 aromatic rings. The zero-order chi connectivity index (χ0) is 25.3. The summed E-state index contributed by atoms with van der Waals surface area (Å²) in [5.74, 6) is 4.10. The fraction of sp³-hybridized carbons (Fsp3) is 0.263. The summed E-state index contributed by atoms with van der Waals surface area (Å²) in [7, 11) is 0. The highest BCUT2D eigenvalue weighted by Gasteiger charge is 2.42. The van der Waals surface area contributed by atoms with Crippen LogP contribution in [0.1, 0.15) is 23.9 Å². The van der Waals surface area contributed by atoms with Crippen molar-refractivity contribution in [2.45, 2.75) is 31.2 Å². The summed E-state index contributed by atoms with van der Waals surface area (Å²) in [6.07, 6.45) is -3.26. The summed E-state index contributed by atoms with van der Waals surface area (Å²) in [5.41, 5.74) is -3.49. The molecule has 0 amide bonds. The molecule has 0 saturated carbocycles. The molecule has 34 heavy (non-hydrogen) atoms. The van der Waals surface area contributed by atoms with E-state index in [1.807, 2.05) is 0 Å². The second-order valence-corrected chi connectivity index (χ2v) is 8.02. The molecular weight excluding hydrogens is 505 g/mol. The van der Waals surface area contributed by atoms with Gasteiger partial charge in [0.15, 0.2) is 10.9 Å². The number of hydrogen-bond donors (Lipinski definition) is 4. The van der Waals surface area contributed by atoms with E-state index < -0.39 is 35.0 Å². The second-order valence-electron chi connectivity index (χ2n) is 7.22. The van der Waals surface area contributed by atoms with Crippen LogP contribution >= 0.6 is 23.8 Å². The van der Waals surface area contributed by atoms with Crippen molar-refractivity contribution in [1.29, 1.82) is 0 Å². The van der Waals surface area contributed by atoms with Crippen molar-refractivity contribution in [1.82, 2.24) is 25.2 Å². The zero-order valence-corrected chi connectivity index (χ0v) is 18.8.